The SMILES string of the molecule is O=C1c2ccccc2C(=O)N1CCOCCOCCOCCOCCOCCOCCOCCOCCOCCOCCOCCBr. The summed E-state index contributed by atoms with van der Waals surface area (Å²) in [6.45, 7) is 11.0. The molecule has 1 aliphatic rings. The number of benzene rings is 1. The largest absolute Gasteiger partial charge is 0.378 e. The Morgan fingerprint density at radius 1 is 0.383 bits per heavy atom. The minimum atomic E-state index is -0.277. The first-order valence-corrected chi connectivity index (χ1v) is 17.2. The average Bonchev–Trinajstić information content (AvgIpc) is 3.33. The van der Waals surface area contributed by atoms with Gasteiger partial charge >= 0.3 is 0 Å². The smallest absolute Gasteiger partial charge is 0.261 e. The number of alkyl halides is 1. The number of rotatable bonds is 35. The number of imide groups is 1. The standard InChI is InChI=1S/C32H52BrNO13/c33-5-7-37-9-11-39-13-15-41-17-19-43-21-23-45-25-27-47-28-26-46-24-22-44-20-18-42-16-14-40-12-10-38-8-6-34-31(35)29-3-1-2-4-30(29)32(34)36/h1-4H,5-28H2. The number of carbonyl (C=O) groups excluding carboxylic acids is 2. The molecule has 1 aliphatic heterocycles. The second kappa shape index (κ2) is 30.5. The summed E-state index contributed by atoms with van der Waals surface area (Å²) in [5.74, 6) is -0.555. The van der Waals surface area contributed by atoms with Gasteiger partial charge in [-0.1, -0.05) is 28.1 Å². The van der Waals surface area contributed by atoms with Crippen molar-refractivity contribution in [2.75, 3.05) is 157 Å². The quantitative estimate of drug-likeness (QED) is 0.0570. The highest BCUT2D eigenvalue weighted by atomic mass is 79.9. The molecule has 14 nitrogen and oxygen atoms in total. The van der Waals surface area contributed by atoms with Gasteiger partial charge in [-0.05, 0) is 12.1 Å². The summed E-state index contributed by atoms with van der Waals surface area (Å²) in [6.07, 6.45) is 0. The maximum absolute atomic E-state index is 12.3. The van der Waals surface area contributed by atoms with Crippen LogP contribution in [0, 0.1) is 0 Å². The molecule has 15 heteroatoms. The van der Waals surface area contributed by atoms with Crippen LogP contribution in [0.5, 0.6) is 0 Å². The molecule has 0 aromatic heterocycles. The summed E-state index contributed by atoms with van der Waals surface area (Å²) in [5, 5.41) is 0.832. The lowest BCUT2D eigenvalue weighted by Gasteiger charge is -2.13. The topological polar surface area (TPSA) is 139 Å². The van der Waals surface area contributed by atoms with E-state index in [0.717, 1.165) is 5.33 Å². The molecule has 270 valence electrons. The van der Waals surface area contributed by atoms with Crippen LogP contribution in [0.4, 0.5) is 0 Å². The lowest BCUT2D eigenvalue weighted by molar-refractivity contribution is -0.0274. The number of ether oxygens (including phenoxy) is 11. The maximum Gasteiger partial charge on any atom is 0.261 e. The first-order chi connectivity index (χ1) is 23.3. The highest BCUT2D eigenvalue weighted by Gasteiger charge is 2.34. The fourth-order valence-corrected chi connectivity index (χ4v) is 4.18. The number of hydrogen-bond donors (Lipinski definition) is 0. The van der Waals surface area contributed by atoms with Gasteiger partial charge in [0.15, 0.2) is 0 Å². The normalized spacial score (nSPS) is 12.8. The van der Waals surface area contributed by atoms with Gasteiger partial charge in [0.2, 0.25) is 0 Å². The van der Waals surface area contributed by atoms with E-state index in [-0.39, 0.29) is 25.0 Å². The fraction of sp³-hybridized carbons (Fsp3) is 0.750. The van der Waals surface area contributed by atoms with Gasteiger partial charge in [-0.15, -0.1) is 0 Å². The van der Waals surface area contributed by atoms with E-state index in [1.54, 1.807) is 24.3 Å². The van der Waals surface area contributed by atoms with Gasteiger partial charge in [0, 0.05) is 5.33 Å². The monoisotopic (exact) mass is 737 g/mol. The molecule has 2 rings (SSSR count). The predicted molar refractivity (Wildman–Crippen MR) is 175 cm³/mol. The van der Waals surface area contributed by atoms with Crippen molar-refractivity contribution in [1.29, 1.82) is 0 Å². The molecule has 2 amide bonds. The van der Waals surface area contributed by atoms with Crippen molar-refractivity contribution >= 4 is 27.7 Å². The summed E-state index contributed by atoms with van der Waals surface area (Å²) in [4.78, 5) is 25.8. The molecule has 0 saturated heterocycles. The molecule has 0 saturated carbocycles. The van der Waals surface area contributed by atoms with Crippen LogP contribution >= 0.6 is 15.9 Å². The molecule has 0 bridgehead atoms. The number of hydrogen-bond acceptors (Lipinski definition) is 13. The van der Waals surface area contributed by atoms with Crippen LogP contribution in [-0.2, 0) is 52.1 Å². The Labute approximate surface area is 286 Å². The Morgan fingerprint density at radius 3 is 0.872 bits per heavy atom. The Balaban J connectivity index is 1.18. The third kappa shape index (κ3) is 21.2. The van der Waals surface area contributed by atoms with Crippen LogP contribution in [0.25, 0.3) is 0 Å². The molecule has 1 aromatic carbocycles. The third-order valence-electron chi connectivity index (χ3n) is 6.28. The Kier molecular flexibility index (Phi) is 26.9. The highest BCUT2D eigenvalue weighted by Crippen LogP contribution is 2.21. The number of nitrogens with zero attached hydrogens (tertiary/aromatic N) is 1. The van der Waals surface area contributed by atoms with Crippen molar-refractivity contribution in [3.8, 4) is 0 Å². The molecule has 0 atom stereocenters. The number of fused-ring (bicyclic) bond motifs is 1. The summed E-state index contributed by atoms with van der Waals surface area (Å²) in [7, 11) is 0. The van der Waals surface area contributed by atoms with Gasteiger partial charge < -0.3 is 52.1 Å². The molecule has 0 N–H and O–H groups in total. The molecule has 0 fully saturated rings. The van der Waals surface area contributed by atoms with Crippen LogP contribution in [-0.4, -0.2) is 174 Å². The van der Waals surface area contributed by atoms with E-state index in [9.17, 15) is 9.59 Å². The van der Waals surface area contributed by atoms with Gasteiger partial charge in [-0.3, -0.25) is 14.5 Å². The van der Waals surface area contributed by atoms with Gasteiger partial charge in [0.05, 0.1) is 163 Å². The summed E-state index contributed by atoms with van der Waals surface area (Å²) in [6, 6.07) is 6.82. The van der Waals surface area contributed by atoms with Crippen LogP contribution in [0.1, 0.15) is 20.7 Å². The molecule has 0 aliphatic carbocycles. The summed E-state index contributed by atoms with van der Waals surface area (Å²) in [5.41, 5.74) is 0.884. The number of amides is 2. The molecule has 1 heterocycles. The van der Waals surface area contributed by atoms with Crippen LogP contribution < -0.4 is 0 Å². The van der Waals surface area contributed by atoms with E-state index in [0.29, 0.717) is 150 Å². The molecule has 0 radical (unpaired) electrons. The minimum Gasteiger partial charge on any atom is -0.378 e. The van der Waals surface area contributed by atoms with E-state index < -0.39 is 0 Å². The van der Waals surface area contributed by atoms with Gasteiger partial charge in [-0.2, -0.15) is 0 Å². The second-order valence-electron chi connectivity index (χ2n) is 9.73. The van der Waals surface area contributed by atoms with Gasteiger partial charge in [0.25, 0.3) is 11.8 Å². The van der Waals surface area contributed by atoms with Crippen LogP contribution in [0.3, 0.4) is 0 Å². The zero-order valence-electron chi connectivity index (χ0n) is 27.4. The van der Waals surface area contributed by atoms with Crippen molar-refractivity contribution < 1.29 is 61.7 Å². The maximum atomic E-state index is 12.3. The zero-order valence-corrected chi connectivity index (χ0v) is 29.0. The first kappa shape index (κ1) is 41.6. The lowest BCUT2D eigenvalue weighted by atomic mass is 10.1. The minimum absolute atomic E-state index is 0.215. The van der Waals surface area contributed by atoms with E-state index >= 15 is 0 Å². The van der Waals surface area contributed by atoms with Crippen LogP contribution in [0.2, 0.25) is 0 Å². The van der Waals surface area contributed by atoms with Crippen molar-refractivity contribution in [2.24, 2.45) is 0 Å². The first-order valence-electron chi connectivity index (χ1n) is 16.1. The molecular formula is C32H52BrNO13. The molecular weight excluding hydrogens is 686 g/mol. The van der Waals surface area contributed by atoms with Crippen molar-refractivity contribution in [3.63, 3.8) is 0 Å². The Bertz CT molecular complexity index is 879. The molecule has 1 aromatic rings. The van der Waals surface area contributed by atoms with E-state index in [1.165, 1.54) is 4.90 Å². The lowest BCUT2D eigenvalue weighted by Crippen LogP contribution is -2.33. The highest BCUT2D eigenvalue weighted by molar-refractivity contribution is 9.09. The van der Waals surface area contributed by atoms with Crippen molar-refractivity contribution in [3.05, 3.63) is 35.4 Å². The fourth-order valence-electron chi connectivity index (χ4n) is 3.95. The molecule has 0 unspecified atom stereocenters. The summed E-state index contributed by atoms with van der Waals surface area (Å²) < 4.78 is 59.9. The number of carbonyl (C=O) groups is 2. The van der Waals surface area contributed by atoms with Gasteiger partial charge in [0.1, 0.15) is 0 Å². The van der Waals surface area contributed by atoms with E-state index in [1.807, 2.05) is 0 Å². The third-order valence-corrected chi connectivity index (χ3v) is 6.60. The second-order valence-corrected chi connectivity index (χ2v) is 10.5. The molecule has 47 heavy (non-hydrogen) atoms. The molecule has 0 spiro atoms. The van der Waals surface area contributed by atoms with Gasteiger partial charge in [-0.25, -0.2) is 0 Å². The number of halogens is 1. The Hall–Kier alpha value is -1.60. The van der Waals surface area contributed by atoms with Crippen molar-refractivity contribution in [1.82, 2.24) is 4.90 Å². The Morgan fingerprint density at radius 2 is 0.617 bits per heavy atom. The average molecular weight is 739 g/mol. The van der Waals surface area contributed by atoms with Crippen molar-refractivity contribution in [2.45, 2.75) is 0 Å². The van der Waals surface area contributed by atoms with E-state index in [2.05, 4.69) is 15.9 Å². The van der Waals surface area contributed by atoms with Crippen LogP contribution in [0.15, 0.2) is 24.3 Å². The predicted octanol–water partition coefficient (Wildman–Crippen LogP) is 1.86. The van der Waals surface area contributed by atoms with E-state index in [4.69, 9.17) is 52.1 Å². The zero-order chi connectivity index (χ0) is 33.5. The summed E-state index contributed by atoms with van der Waals surface area (Å²) >= 11 is 3.30.